The van der Waals surface area contributed by atoms with Crippen LogP contribution in [0, 0.1) is 6.92 Å². The summed E-state index contributed by atoms with van der Waals surface area (Å²) < 4.78 is 0. The van der Waals surface area contributed by atoms with Gasteiger partial charge in [0, 0.05) is 16.1 Å². The Bertz CT molecular complexity index is 1000. The number of benzene rings is 1. The highest BCUT2D eigenvalue weighted by molar-refractivity contribution is 7.22. The molecule has 0 spiro atoms. The molecule has 0 radical (unpaired) electrons. The average molecular weight is 383 g/mol. The van der Waals surface area contributed by atoms with Crippen molar-refractivity contribution in [1.29, 1.82) is 0 Å². The predicted molar refractivity (Wildman–Crippen MR) is 108 cm³/mol. The van der Waals surface area contributed by atoms with Crippen LogP contribution in [-0.4, -0.2) is 10.9 Å². The van der Waals surface area contributed by atoms with E-state index in [-0.39, 0.29) is 5.91 Å². The van der Waals surface area contributed by atoms with Gasteiger partial charge in [0.1, 0.15) is 9.88 Å². The van der Waals surface area contributed by atoms with Gasteiger partial charge < -0.3 is 5.32 Å². The number of carbonyl (C=O) groups is 1. The number of hydrogen-bond acceptors (Lipinski definition) is 5. The first-order chi connectivity index (χ1) is 12.2. The van der Waals surface area contributed by atoms with E-state index in [0.717, 1.165) is 31.7 Å². The zero-order valence-corrected chi connectivity index (χ0v) is 15.8. The van der Waals surface area contributed by atoms with Crippen LogP contribution in [0.1, 0.15) is 15.4 Å². The van der Waals surface area contributed by atoms with E-state index >= 15 is 0 Å². The summed E-state index contributed by atoms with van der Waals surface area (Å²) in [6.45, 7) is 1.88. The maximum Gasteiger partial charge on any atom is 0.267 e. The molecule has 4 aromatic rings. The van der Waals surface area contributed by atoms with E-state index in [9.17, 15) is 4.79 Å². The van der Waals surface area contributed by atoms with Crippen LogP contribution in [0.25, 0.3) is 20.3 Å². The molecule has 0 aliphatic rings. The molecule has 6 heteroatoms. The van der Waals surface area contributed by atoms with Crippen LogP contribution >= 0.6 is 34.0 Å². The minimum atomic E-state index is -0.109. The van der Waals surface area contributed by atoms with Crippen molar-refractivity contribution in [1.82, 2.24) is 4.98 Å². The molecule has 25 heavy (non-hydrogen) atoms. The Morgan fingerprint density at radius 3 is 2.40 bits per heavy atom. The summed E-state index contributed by atoms with van der Waals surface area (Å²) in [4.78, 5) is 20.2. The van der Waals surface area contributed by atoms with Crippen LogP contribution in [0.15, 0.2) is 59.3 Å². The number of thiazole rings is 1. The van der Waals surface area contributed by atoms with E-state index in [0.29, 0.717) is 4.88 Å². The Hall–Kier alpha value is -2.28. The van der Waals surface area contributed by atoms with Crippen molar-refractivity contribution < 1.29 is 4.79 Å². The highest BCUT2D eigenvalue weighted by Gasteiger charge is 2.18. The fourth-order valence-corrected chi connectivity index (χ4v) is 5.05. The Morgan fingerprint density at radius 2 is 1.68 bits per heavy atom. The van der Waals surface area contributed by atoms with E-state index in [1.807, 2.05) is 60.1 Å². The molecule has 3 nitrogen and oxygen atoms in total. The quantitative estimate of drug-likeness (QED) is 0.459. The number of nitrogens with one attached hydrogen (secondary N) is 1. The lowest BCUT2D eigenvalue weighted by molar-refractivity contribution is 0.103. The molecule has 1 amide bonds. The van der Waals surface area contributed by atoms with Crippen LogP contribution < -0.4 is 5.32 Å². The van der Waals surface area contributed by atoms with Gasteiger partial charge in [-0.2, -0.15) is 0 Å². The number of hydrogen-bond donors (Lipinski definition) is 1. The molecule has 0 fully saturated rings. The van der Waals surface area contributed by atoms with Gasteiger partial charge in [-0.25, -0.2) is 4.98 Å². The largest absolute Gasteiger partial charge is 0.321 e. The molecule has 0 saturated carbocycles. The number of thiophene rings is 2. The van der Waals surface area contributed by atoms with Crippen molar-refractivity contribution in [2.45, 2.75) is 6.92 Å². The Morgan fingerprint density at radius 1 is 0.960 bits per heavy atom. The predicted octanol–water partition coefficient (Wildman–Crippen LogP) is 6.16. The number of para-hydroxylation sites is 1. The van der Waals surface area contributed by atoms with Crippen LogP contribution in [0.4, 0.5) is 5.69 Å². The van der Waals surface area contributed by atoms with Gasteiger partial charge in [0.05, 0.1) is 10.6 Å². The number of amides is 1. The molecular formula is C19H14N2OS3. The summed E-state index contributed by atoms with van der Waals surface area (Å²) in [6, 6.07) is 16.0. The number of rotatable bonds is 4. The SMILES string of the molecule is Cc1nc(-c2cccs2)sc1C(=O)Nc1ccccc1-c1cccs1. The Kier molecular flexibility index (Phi) is 4.48. The summed E-state index contributed by atoms with van der Waals surface area (Å²) in [5.41, 5.74) is 2.62. The number of anilines is 1. The van der Waals surface area contributed by atoms with E-state index in [1.165, 1.54) is 11.3 Å². The van der Waals surface area contributed by atoms with Crippen molar-refractivity contribution in [3.8, 4) is 20.3 Å². The van der Waals surface area contributed by atoms with Crippen LogP contribution in [0.3, 0.4) is 0 Å². The van der Waals surface area contributed by atoms with E-state index < -0.39 is 0 Å². The van der Waals surface area contributed by atoms with Gasteiger partial charge in [-0.05, 0) is 35.9 Å². The van der Waals surface area contributed by atoms with Crippen LogP contribution in [0.5, 0.6) is 0 Å². The van der Waals surface area contributed by atoms with Gasteiger partial charge >= 0.3 is 0 Å². The third-order valence-corrected chi connectivity index (χ3v) is 6.80. The topological polar surface area (TPSA) is 42.0 Å². The monoisotopic (exact) mass is 382 g/mol. The zero-order valence-electron chi connectivity index (χ0n) is 13.4. The van der Waals surface area contributed by atoms with Gasteiger partial charge in [-0.1, -0.05) is 30.3 Å². The Balaban J connectivity index is 1.64. The highest BCUT2D eigenvalue weighted by Crippen LogP contribution is 2.34. The highest BCUT2D eigenvalue weighted by atomic mass is 32.1. The second kappa shape index (κ2) is 6.92. The molecule has 4 rings (SSSR count). The first-order valence-electron chi connectivity index (χ1n) is 7.68. The first-order valence-corrected chi connectivity index (χ1v) is 10.3. The summed E-state index contributed by atoms with van der Waals surface area (Å²) in [5, 5.41) is 8.00. The second-order valence-electron chi connectivity index (χ2n) is 5.39. The fourth-order valence-electron chi connectivity index (χ4n) is 2.53. The van der Waals surface area contributed by atoms with Gasteiger partial charge in [0.2, 0.25) is 0 Å². The summed E-state index contributed by atoms with van der Waals surface area (Å²) in [7, 11) is 0. The average Bonchev–Trinajstić information content (AvgIpc) is 3.37. The van der Waals surface area contributed by atoms with Crippen LogP contribution in [0.2, 0.25) is 0 Å². The normalized spacial score (nSPS) is 10.8. The number of aromatic nitrogens is 1. The molecule has 124 valence electrons. The van der Waals surface area contributed by atoms with Crippen LogP contribution in [-0.2, 0) is 0 Å². The second-order valence-corrected chi connectivity index (χ2v) is 8.28. The molecule has 0 bridgehead atoms. The zero-order chi connectivity index (χ0) is 17.2. The lowest BCUT2D eigenvalue weighted by Crippen LogP contribution is -2.12. The molecule has 0 aliphatic heterocycles. The third-order valence-electron chi connectivity index (χ3n) is 3.70. The standard InChI is InChI=1S/C19H14N2OS3/c1-12-17(25-19(20-12)16-9-5-11-24-16)18(22)21-14-7-3-2-6-13(14)15-8-4-10-23-15/h2-11H,1H3,(H,21,22). The number of nitrogens with zero attached hydrogens (tertiary/aromatic N) is 1. The van der Waals surface area contributed by atoms with E-state index in [2.05, 4.69) is 16.4 Å². The maximum atomic E-state index is 12.8. The maximum absolute atomic E-state index is 12.8. The summed E-state index contributed by atoms with van der Waals surface area (Å²) in [5.74, 6) is -0.109. The number of aryl methyl sites for hydroxylation is 1. The fraction of sp³-hybridized carbons (Fsp3) is 0.0526. The van der Waals surface area contributed by atoms with Gasteiger partial charge in [-0.3, -0.25) is 4.79 Å². The molecule has 3 aromatic heterocycles. The molecule has 3 heterocycles. The van der Waals surface area contributed by atoms with Crippen molar-refractivity contribution in [2.24, 2.45) is 0 Å². The van der Waals surface area contributed by atoms with E-state index in [4.69, 9.17) is 0 Å². The minimum absolute atomic E-state index is 0.109. The third kappa shape index (κ3) is 3.28. The molecule has 0 saturated heterocycles. The van der Waals surface area contributed by atoms with Gasteiger partial charge in [0.15, 0.2) is 0 Å². The van der Waals surface area contributed by atoms with Crippen molar-refractivity contribution >= 4 is 45.6 Å². The van der Waals surface area contributed by atoms with Crippen molar-refractivity contribution in [3.63, 3.8) is 0 Å². The first kappa shape index (κ1) is 16.2. The number of carbonyl (C=O) groups excluding carboxylic acids is 1. The smallest absolute Gasteiger partial charge is 0.267 e. The summed E-state index contributed by atoms with van der Waals surface area (Å²) >= 11 is 4.73. The van der Waals surface area contributed by atoms with Gasteiger partial charge in [0.25, 0.3) is 5.91 Å². The van der Waals surface area contributed by atoms with Gasteiger partial charge in [-0.15, -0.1) is 34.0 Å². The molecule has 1 N–H and O–H groups in total. The van der Waals surface area contributed by atoms with E-state index in [1.54, 1.807) is 22.7 Å². The summed E-state index contributed by atoms with van der Waals surface area (Å²) in [6.07, 6.45) is 0. The lowest BCUT2D eigenvalue weighted by Gasteiger charge is -2.09. The molecule has 0 unspecified atom stereocenters. The minimum Gasteiger partial charge on any atom is -0.321 e. The molecule has 0 aliphatic carbocycles. The molecule has 1 aromatic carbocycles. The van der Waals surface area contributed by atoms with Crippen molar-refractivity contribution in [2.75, 3.05) is 5.32 Å². The van der Waals surface area contributed by atoms with Crippen molar-refractivity contribution in [3.05, 3.63) is 69.9 Å². The molecular weight excluding hydrogens is 368 g/mol. The lowest BCUT2D eigenvalue weighted by atomic mass is 10.1. The molecule has 0 atom stereocenters. The Labute approximate surface area is 157 Å².